The minimum atomic E-state index is -0.228. The molecular weight excluding hydrogens is 207 g/mol. The van der Waals surface area contributed by atoms with Crippen molar-refractivity contribution in [2.75, 3.05) is 0 Å². The number of nitrogens with zero attached hydrogens (tertiary/aromatic N) is 2. The Morgan fingerprint density at radius 1 is 1.62 bits per heavy atom. The van der Waals surface area contributed by atoms with Crippen LogP contribution in [0.2, 0.25) is 0 Å². The molecule has 0 aliphatic heterocycles. The summed E-state index contributed by atoms with van der Waals surface area (Å²) < 4.78 is 14.7. The van der Waals surface area contributed by atoms with Crippen molar-refractivity contribution >= 4 is 0 Å². The maximum absolute atomic E-state index is 13.5. The van der Waals surface area contributed by atoms with Crippen LogP contribution >= 0.6 is 0 Å². The van der Waals surface area contributed by atoms with E-state index in [0.29, 0.717) is 12.0 Å². The minimum Gasteiger partial charge on any atom is -0.268 e. The first-order valence-electron chi connectivity index (χ1n) is 5.21. The number of rotatable bonds is 4. The Hall–Kier alpha value is -1.71. The molecule has 0 N–H and O–H groups in total. The second kappa shape index (κ2) is 6.00. The van der Waals surface area contributed by atoms with Crippen LogP contribution in [0, 0.1) is 0 Å². The van der Waals surface area contributed by atoms with Gasteiger partial charge in [-0.3, -0.25) is 4.79 Å². The van der Waals surface area contributed by atoms with Crippen LogP contribution in [0.15, 0.2) is 46.7 Å². The van der Waals surface area contributed by atoms with Crippen molar-refractivity contribution in [3.05, 3.63) is 52.2 Å². The van der Waals surface area contributed by atoms with Gasteiger partial charge in [-0.25, -0.2) is 9.07 Å². The third kappa shape index (κ3) is 3.15. The normalized spacial score (nSPS) is 12.9. The first-order valence-corrected chi connectivity index (χ1v) is 5.21. The predicted molar refractivity (Wildman–Crippen MR) is 61.7 cm³/mol. The average molecular weight is 222 g/mol. The van der Waals surface area contributed by atoms with Gasteiger partial charge >= 0.3 is 0 Å². The van der Waals surface area contributed by atoms with Gasteiger partial charge in [0.2, 0.25) is 0 Å². The monoisotopic (exact) mass is 222 g/mol. The van der Waals surface area contributed by atoms with Gasteiger partial charge in [0.05, 0.1) is 6.54 Å². The van der Waals surface area contributed by atoms with Crippen LogP contribution in [-0.4, -0.2) is 9.78 Å². The molecule has 0 bridgehead atoms. The van der Waals surface area contributed by atoms with Gasteiger partial charge in [0.15, 0.2) is 0 Å². The molecule has 0 aromatic carbocycles. The van der Waals surface area contributed by atoms with E-state index < -0.39 is 0 Å². The van der Waals surface area contributed by atoms with Crippen molar-refractivity contribution in [3.63, 3.8) is 0 Å². The highest BCUT2D eigenvalue weighted by Crippen LogP contribution is 2.12. The molecular formula is C12H15FN2O. The van der Waals surface area contributed by atoms with Crippen LogP contribution in [0.25, 0.3) is 0 Å². The highest BCUT2D eigenvalue weighted by Gasteiger charge is 2.04. The molecule has 0 fully saturated rings. The Bertz CT molecular complexity index is 460. The smallest absolute Gasteiger partial charge is 0.267 e. The molecule has 1 rings (SSSR count). The number of hydrogen-bond donors (Lipinski definition) is 0. The Kier molecular flexibility index (Phi) is 4.64. The van der Waals surface area contributed by atoms with Crippen LogP contribution in [0.3, 0.4) is 0 Å². The van der Waals surface area contributed by atoms with Crippen molar-refractivity contribution < 1.29 is 4.39 Å². The van der Waals surface area contributed by atoms with Crippen molar-refractivity contribution in [2.45, 2.75) is 26.8 Å². The summed E-state index contributed by atoms with van der Waals surface area (Å²) in [5, 5.41) is 3.89. The predicted octanol–water partition coefficient (Wildman–Crippen LogP) is 2.45. The van der Waals surface area contributed by atoms with Crippen LogP contribution in [0.5, 0.6) is 0 Å². The molecule has 0 aliphatic carbocycles. The van der Waals surface area contributed by atoms with E-state index in [1.54, 1.807) is 25.1 Å². The van der Waals surface area contributed by atoms with Crippen LogP contribution < -0.4 is 5.56 Å². The Morgan fingerprint density at radius 2 is 2.38 bits per heavy atom. The van der Waals surface area contributed by atoms with Gasteiger partial charge < -0.3 is 0 Å². The van der Waals surface area contributed by atoms with E-state index >= 15 is 0 Å². The van der Waals surface area contributed by atoms with E-state index in [-0.39, 0.29) is 17.9 Å². The molecule has 0 saturated carbocycles. The quantitative estimate of drug-likeness (QED) is 0.733. The number of aromatic nitrogens is 2. The maximum atomic E-state index is 13.5. The standard InChI is InChI=1S/C12H15FN2O/c1-3-6-10(11(13)4-2)9-15-12(16)7-5-8-14-15/h3,5-8H,4,9H2,1-2H3/b6-3-,11-10-. The molecule has 86 valence electrons. The Morgan fingerprint density at radius 3 is 2.94 bits per heavy atom. The summed E-state index contributed by atoms with van der Waals surface area (Å²) in [6.07, 6.45) is 5.25. The fraction of sp³-hybridized carbons (Fsp3) is 0.333. The molecule has 1 heterocycles. The number of halogens is 1. The molecule has 0 amide bonds. The molecule has 1 aromatic heterocycles. The first-order chi connectivity index (χ1) is 7.69. The fourth-order valence-corrected chi connectivity index (χ4v) is 1.32. The van der Waals surface area contributed by atoms with E-state index in [4.69, 9.17) is 0 Å². The molecule has 1 aromatic rings. The lowest BCUT2D eigenvalue weighted by atomic mass is 10.2. The highest BCUT2D eigenvalue weighted by atomic mass is 19.1. The molecule has 16 heavy (non-hydrogen) atoms. The zero-order valence-corrected chi connectivity index (χ0v) is 9.48. The molecule has 4 heteroatoms. The molecule has 0 atom stereocenters. The molecule has 0 spiro atoms. The van der Waals surface area contributed by atoms with Gasteiger partial charge in [0, 0.05) is 17.8 Å². The van der Waals surface area contributed by atoms with E-state index in [1.165, 1.54) is 16.9 Å². The van der Waals surface area contributed by atoms with E-state index in [2.05, 4.69) is 5.10 Å². The lowest BCUT2D eigenvalue weighted by Gasteiger charge is -2.05. The van der Waals surface area contributed by atoms with Crippen molar-refractivity contribution in [1.82, 2.24) is 9.78 Å². The van der Waals surface area contributed by atoms with E-state index in [1.807, 2.05) is 6.92 Å². The maximum Gasteiger partial charge on any atom is 0.267 e. The largest absolute Gasteiger partial charge is 0.268 e. The Labute approximate surface area is 93.9 Å². The van der Waals surface area contributed by atoms with Crippen molar-refractivity contribution in [1.29, 1.82) is 0 Å². The summed E-state index contributed by atoms with van der Waals surface area (Å²) in [5.74, 6) is -0.212. The fourth-order valence-electron chi connectivity index (χ4n) is 1.32. The van der Waals surface area contributed by atoms with Gasteiger partial charge in [0.25, 0.3) is 5.56 Å². The van der Waals surface area contributed by atoms with E-state index in [0.717, 1.165) is 0 Å². The van der Waals surface area contributed by atoms with Gasteiger partial charge in [-0.05, 0) is 19.4 Å². The average Bonchev–Trinajstić information content (AvgIpc) is 2.30. The lowest BCUT2D eigenvalue weighted by Crippen LogP contribution is -2.22. The van der Waals surface area contributed by atoms with Gasteiger partial charge in [-0.15, -0.1) is 0 Å². The lowest BCUT2D eigenvalue weighted by molar-refractivity contribution is 0.563. The zero-order valence-electron chi connectivity index (χ0n) is 9.48. The SMILES string of the molecule is C/C=C\C(Cn1ncccc1=O)=C(\F)CC. The third-order valence-corrected chi connectivity index (χ3v) is 2.13. The summed E-state index contributed by atoms with van der Waals surface area (Å²) in [6.45, 7) is 3.72. The highest BCUT2D eigenvalue weighted by molar-refractivity contribution is 5.21. The number of allylic oxidation sites excluding steroid dienone is 4. The van der Waals surface area contributed by atoms with Crippen molar-refractivity contribution in [2.24, 2.45) is 0 Å². The topological polar surface area (TPSA) is 34.9 Å². The minimum absolute atomic E-state index is 0.170. The van der Waals surface area contributed by atoms with Gasteiger partial charge in [-0.2, -0.15) is 5.10 Å². The summed E-state index contributed by atoms with van der Waals surface area (Å²) in [5.41, 5.74) is 0.263. The summed E-state index contributed by atoms with van der Waals surface area (Å²) in [4.78, 5) is 11.4. The zero-order chi connectivity index (χ0) is 12.0. The second-order valence-corrected chi connectivity index (χ2v) is 3.30. The van der Waals surface area contributed by atoms with Gasteiger partial charge in [0.1, 0.15) is 5.83 Å². The molecule has 0 aliphatic rings. The molecule has 3 nitrogen and oxygen atoms in total. The summed E-state index contributed by atoms with van der Waals surface area (Å²) >= 11 is 0. The molecule has 0 saturated heterocycles. The van der Waals surface area contributed by atoms with Crippen LogP contribution in [0.4, 0.5) is 4.39 Å². The van der Waals surface area contributed by atoms with Crippen LogP contribution in [-0.2, 0) is 6.54 Å². The van der Waals surface area contributed by atoms with E-state index in [9.17, 15) is 9.18 Å². The van der Waals surface area contributed by atoms with Crippen molar-refractivity contribution in [3.8, 4) is 0 Å². The molecule has 0 unspecified atom stereocenters. The second-order valence-electron chi connectivity index (χ2n) is 3.30. The summed E-state index contributed by atoms with van der Waals surface area (Å²) in [6, 6.07) is 2.97. The summed E-state index contributed by atoms with van der Waals surface area (Å²) in [7, 11) is 0. The first kappa shape index (κ1) is 12.4. The van der Waals surface area contributed by atoms with Crippen LogP contribution in [0.1, 0.15) is 20.3 Å². The molecule has 0 radical (unpaired) electrons. The number of hydrogen-bond acceptors (Lipinski definition) is 2. The van der Waals surface area contributed by atoms with Gasteiger partial charge in [-0.1, -0.05) is 19.1 Å². The Balaban J connectivity index is 3.03. The third-order valence-electron chi connectivity index (χ3n) is 2.13.